The van der Waals surface area contributed by atoms with Crippen LogP contribution in [0.2, 0.25) is 0 Å². The van der Waals surface area contributed by atoms with E-state index in [0.29, 0.717) is 0 Å². The Balaban J connectivity index is 0.929. The van der Waals surface area contributed by atoms with Crippen LogP contribution in [0.15, 0.2) is 253 Å². The largest absolute Gasteiger partial charge is 0.456 e. The van der Waals surface area contributed by atoms with Crippen molar-refractivity contribution < 1.29 is 4.42 Å². The van der Waals surface area contributed by atoms with E-state index in [1.807, 2.05) is 6.07 Å². The average molecular weight is 816 g/mol. The molecule has 0 N–H and O–H groups in total. The zero-order valence-electron chi connectivity index (χ0n) is 35.0. The number of anilines is 3. The van der Waals surface area contributed by atoms with Crippen molar-refractivity contribution >= 4 is 60.5 Å². The molecule has 0 saturated carbocycles. The molecule has 0 amide bonds. The molecule has 11 aromatic carbocycles. The quantitative estimate of drug-likeness (QED) is 0.152. The molecule has 12 aromatic rings. The maximum atomic E-state index is 6.38. The lowest BCUT2D eigenvalue weighted by molar-refractivity contribution is 0.669. The van der Waals surface area contributed by atoms with Gasteiger partial charge in [0, 0.05) is 27.7 Å². The Morgan fingerprint density at radius 1 is 0.250 bits per heavy atom. The highest BCUT2D eigenvalue weighted by Gasteiger charge is 2.21. The standard InChI is InChI=1S/C62H41NO/c1-3-16-52-46(12-1)14-9-20-54(52)48-30-26-42(27-31-48)44-34-38-50(39-35-44)63(59-23-7-5-18-56(59)57-22-11-25-61-62(57)58-19-6-8-24-60(58)64-61)51-40-36-45(37-41-51)43-28-32-49(33-29-43)55-21-10-15-47-13-2-4-17-53(47)55/h1-41H. The van der Waals surface area contributed by atoms with Gasteiger partial charge in [0.2, 0.25) is 0 Å². The molecule has 0 saturated heterocycles. The van der Waals surface area contributed by atoms with Crippen LogP contribution in [0.4, 0.5) is 17.1 Å². The fourth-order valence-electron chi connectivity index (χ4n) is 9.57. The number of rotatable bonds is 8. The van der Waals surface area contributed by atoms with Gasteiger partial charge in [0.05, 0.1) is 5.69 Å². The summed E-state index contributed by atoms with van der Waals surface area (Å²) in [5, 5.41) is 7.27. The molecule has 0 fully saturated rings. The molecule has 0 bridgehead atoms. The molecule has 0 aliphatic heterocycles. The van der Waals surface area contributed by atoms with Gasteiger partial charge in [-0.15, -0.1) is 0 Å². The van der Waals surface area contributed by atoms with Gasteiger partial charge in [-0.25, -0.2) is 0 Å². The lowest BCUT2D eigenvalue weighted by Crippen LogP contribution is -2.11. The molecule has 0 radical (unpaired) electrons. The predicted molar refractivity (Wildman–Crippen MR) is 271 cm³/mol. The van der Waals surface area contributed by atoms with Gasteiger partial charge in [0.15, 0.2) is 0 Å². The number of nitrogens with zero attached hydrogens (tertiary/aromatic N) is 1. The smallest absolute Gasteiger partial charge is 0.136 e. The van der Waals surface area contributed by atoms with E-state index in [0.717, 1.165) is 50.1 Å². The Morgan fingerprint density at radius 3 is 1.19 bits per heavy atom. The fraction of sp³-hybridized carbons (Fsp3) is 0. The number of para-hydroxylation sites is 2. The fourth-order valence-corrected chi connectivity index (χ4v) is 9.57. The molecule has 2 nitrogen and oxygen atoms in total. The van der Waals surface area contributed by atoms with E-state index in [4.69, 9.17) is 4.42 Å². The minimum atomic E-state index is 0.881. The summed E-state index contributed by atoms with van der Waals surface area (Å²) in [6.45, 7) is 0. The molecule has 300 valence electrons. The maximum Gasteiger partial charge on any atom is 0.136 e. The number of fused-ring (bicyclic) bond motifs is 5. The molecule has 0 unspecified atom stereocenters. The first-order valence-corrected chi connectivity index (χ1v) is 21.9. The number of hydrogen-bond acceptors (Lipinski definition) is 2. The molecule has 0 aliphatic rings. The van der Waals surface area contributed by atoms with Crippen LogP contribution in [0.1, 0.15) is 0 Å². The minimum Gasteiger partial charge on any atom is -0.456 e. The van der Waals surface area contributed by atoms with Crippen LogP contribution in [0, 0.1) is 0 Å². The summed E-state index contributed by atoms with van der Waals surface area (Å²) in [5.74, 6) is 0. The second-order valence-corrected chi connectivity index (χ2v) is 16.4. The topological polar surface area (TPSA) is 16.4 Å². The Hall–Kier alpha value is -8.46. The van der Waals surface area contributed by atoms with Crippen molar-refractivity contribution in [3.63, 3.8) is 0 Å². The first kappa shape index (κ1) is 37.3. The van der Waals surface area contributed by atoms with Gasteiger partial charge in [-0.1, -0.05) is 206 Å². The molecule has 1 aromatic heterocycles. The summed E-state index contributed by atoms with van der Waals surface area (Å²) >= 11 is 0. The normalized spacial score (nSPS) is 11.4. The second kappa shape index (κ2) is 15.8. The van der Waals surface area contributed by atoms with Gasteiger partial charge in [0.1, 0.15) is 11.2 Å². The Bertz CT molecular complexity index is 3460. The van der Waals surface area contributed by atoms with Crippen molar-refractivity contribution in [1.29, 1.82) is 0 Å². The van der Waals surface area contributed by atoms with Crippen LogP contribution < -0.4 is 4.90 Å². The molecule has 64 heavy (non-hydrogen) atoms. The molecule has 12 rings (SSSR count). The van der Waals surface area contributed by atoms with E-state index in [2.05, 4.69) is 248 Å². The highest BCUT2D eigenvalue weighted by atomic mass is 16.3. The Labute approximate surface area is 372 Å². The zero-order chi connectivity index (χ0) is 42.4. The van der Waals surface area contributed by atoms with Crippen molar-refractivity contribution in [3.8, 4) is 55.6 Å². The maximum absolute atomic E-state index is 6.38. The van der Waals surface area contributed by atoms with Gasteiger partial charge in [0.25, 0.3) is 0 Å². The third-order valence-electron chi connectivity index (χ3n) is 12.7. The van der Waals surface area contributed by atoms with Crippen LogP contribution in [-0.4, -0.2) is 0 Å². The van der Waals surface area contributed by atoms with E-state index < -0.39 is 0 Å². The van der Waals surface area contributed by atoms with Crippen LogP contribution in [0.3, 0.4) is 0 Å². The van der Waals surface area contributed by atoms with Crippen LogP contribution in [0.5, 0.6) is 0 Å². The van der Waals surface area contributed by atoms with E-state index in [-0.39, 0.29) is 0 Å². The summed E-state index contributed by atoms with van der Waals surface area (Å²) in [7, 11) is 0. The van der Waals surface area contributed by atoms with Gasteiger partial charge in [-0.05, 0) is 114 Å². The molecule has 0 aliphatic carbocycles. The van der Waals surface area contributed by atoms with Crippen LogP contribution >= 0.6 is 0 Å². The molecular formula is C62H41NO. The van der Waals surface area contributed by atoms with E-state index in [1.165, 1.54) is 66.1 Å². The second-order valence-electron chi connectivity index (χ2n) is 16.4. The first-order chi connectivity index (χ1) is 31.7. The number of furan rings is 1. The van der Waals surface area contributed by atoms with Gasteiger partial charge < -0.3 is 9.32 Å². The van der Waals surface area contributed by atoms with E-state index >= 15 is 0 Å². The number of hydrogen-bond donors (Lipinski definition) is 0. The van der Waals surface area contributed by atoms with Crippen molar-refractivity contribution in [2.45, 2.75) is 0 Å². The van der Waals surface area contributed by atoms with Crippen molar-refractivity contribution in [3.05, 3.63) is 249 Å². The van der Waals surface area contributed by atoms with E-state index in [9.17, 15) is 0 Å². The predicted octanol–water partition coefficient (Wildman–Crippen LogP) is 17.7. The minimum absolute atomic E-state index is 0.881. The molecule has 1 heterocycles. The van der Waals surface area contributed by atoms with Gasteiger partial charge in [-0.3, -0.25) is 0 Å². The molecular weight excluding hydrogens is 775 g/mol. The van der Waals surface area contributed by atoms with Crippen LogP contribution in [0.25, 0.3) is 99.1 Å². The summed E-state index contributed by atoms with van der Waals surface area (Å²) in [6, 6.07) is 89.6. The summed E-state index contributed by atoms with van der Waals surface area (Å²) < 4.78 is 6.38. The Morgan fingerprint density at radius 2 is 0.625 bits per heavy atom. The Kier molecular flexibility index (Phi) is 9.20. The summed E-state index contributed by atoms with van der Waals surface area (Å²) in [6.07, 6.45) is 0. The molecule has 0 spiro atoms. The average Bonchev–Trinajstić information content (AvgIpc) is 3.76. The van der Waals surface area contributed by atoms with Crippen molar-refractivity contribution in [2.24, 2.45) is 0 Å². The molecule has 0 atom stereocenters. The van der Waals surface area contributed by atoms with Crippen LogP contribution in [-0.2, 0) is 0 Å². The van der Waals surface area contributed by atoms with Gasteiger partial charge in [-0.2, -0.15) is 0 Å². The summed E-state index contributed by atoms with van der Waals surface area (Å²) in [5.41, 5.74) is 16.9. The third kappa shape index (κ3) is 6.61. The first-order valence-electron chi connectivity index (χ1n) is 21.9. The van der Waals surface area contributed by atoms with E-state index in [1.54, 1.807) is 0 Å². The van der Waals surface area contributed by atoms with Gasteiger partial charge >= 0.3 is 0 Å². The highest BCUT2D eigenvalue weighted by Crippen LogP contribution is 2.45. The lowest BCUT2D eigenvalue weighted by Gasteiger charge is -2.28. The number of benzene rings is 11. The highest BCUT2D eigenvalue weighted by molar-refractivity contribution is 6.14. The summed E-state index contributed by atoms with van der Waals surface area (Å²) in [4.78, 5) is 2.39. The SMILES string of the molecule is c1ccc(N(c2ccc(-c3ccc(-c4cccc5ccccc45)cc3)cc2)c2ccc(-c3ccc(-c4cccc5ccccc45)cc3)cc2)c(-c2cccc3oc4ccccc4c23)c1. The van der Waals surface area contributed by atoms with Crippen molar-refractivity contribution in [2.75, 3.05) is 4.90 Å². The lowest BCUT2D eigenvalue weighted by atomic mass is 9.95. The monoisotopic (exact) mass is 815 g/mol. The zero-order valence-corrected chi connectivity index (χ0v) is 35.0. The molecule has 2 heteroatoms. The van der Waals surface area contributed by atoms with Crippen molar-refractivity contribution in [1.82, 2.24) is 0 Å². The third-order valence-corrected chi connectivity index (χ3v) is 12.7.